The van der Waals surface area contributed by atoms with Crippen LogP contribution in [0.25, 0.3) is 5.69 Å². The van der Waals surface area contributed by atoms with Crippen molar-refractivity contribution in [1.29, 1.82) is 0 Å². The van der Waals surface area contributed by atoms with E-state index in [1.54, 1.807) is 29.2 Å². The molecule has 0 spiro atoms. The number of nitrogens with zero attached hydrogens (tertiary/aromatic N) is 4. The Balaban J connectivity index is 1.27. The predicted octanol–water partition coefficient (Wildman–Crippen LogP) is 3.81. The normalized spacial score (nSPS) is 16.3. The first-order valence-electron chi connectivity index (χ1n) is 10.0. The average Bonchev–Trinajstić information content (AvgIpc) is 3.33. The van der Waals surface area contributed by atoms with Crippen LogP contribution in [0.15, 0.2) is 55.1 Å². The molecule has 1 aliphatic rings. The molecule has 31 heavy (non-hydrogen) atoms. The Kier molecular flexibility index (Phi) is 7.06. The summed E-state index contributed by atoms with van der Waals surface area (Å²) in [6.45, 7) is 1.91. The van der Waals surface area contributed by atoms with Gasteiger partial charge in [0, 0.05) is 23.0 Å². The van der Waals surface area contributed by atoms with Crippen molar-refractivity contribution >= 4 is 29.1 Å². The summed E-state index contributed by atoms with van der Waals surface area (Å²) < 4.78 is 13.3. The Bertz CT molecular complexity index is 992. The summed E-state index contributed by atoms with van der Waals surface area (Å²) in [5.41, 5.74) is 1.70. The van der Waals surface area contributed by atoms with Gasteiger partial charge in [-0.25, -0.2) is 9.67 Å². The quantitative estimate of drug-likeness (QED) is 0.535. The Hall–Kier alpha value is -2.61. The second-order valence-corrected chi connectivity index (χ2v) is 7.99. The maximum Gasteiger partial charge on any atom is 0.223 e. The minimum absolute atomic E-state index is 0.0569. The van der Waals surface area contributed by atoms with E-state index in [1.807, 2.05) is 29.2 Å². The maximum atomic E-state index is 12.7. The highest BCUT2D eigenvalue weighted by Crippen LogP contribution is 2.26. The van der Waals surface area contributed by atoms with Crippen LogP contribution in [0.5, 0.6) is 5.75 Å². The van der Waals surface area contributed by atoms with Gasteiger partial charge in [-0.3, -0.25) is 4.79 Å². The molecule has 0 aliphatic carbocycles. The molecule has 1 fully saturated rings. The van der Waals surface area contributed by atoms with Gasteiger partial charge in [-0.1, -0.05) is 29.3 Å². The van der Waals surface area contributed by atoms with Crippen molar-refractivity contribution < 1.29 is 14.3 Å². The fraction of sp³-hybridized carbons (Fsp3) is 0.318. The van der Waals surface area contributed by atoms with Crippen LogP contribution in [0.4, 0.5) is 0 Å². The number of aromatic nitrogens is 3. The van der Waals surface area contributed by atoms with Gasteiger partial charge in [-0.05, 0) is 48.4 Å². The first-order valence-corrected chi connectivity index (χ1v) is 10.8. The molecule has 0 N–H and O–H groups in total. The number of hydrogen-bond acceptors (Lipinski definition) is 5. The largest absolute Gasteiger partial charge is 0.491 e. The number of amides is 1. The van der Waals surface area contributed by atoms with Gasteiger partial charge in [-0.2, -0.15) is 5.10 Å². The fourth-order valence-electron chi connectivity index (χ4n) is 3.43. The molecule has 1 saturated heterocycles. The molecule has 0 radical (unpaired) electrons. The average molecular weight is 461 g/mol. The topological polar surface area (TPSA) is 69.5 Å². The minimum atomic E-state index is -0.184. The van der Waals surface area contributed by atoms with Crippen LogP contribution in [-0.2, 0) is 16.0 Å². The SMILES string of the molecule is O=C(CCc1c(Cl)cccc1Cl)N1CCOC(COc2ccc(-n3cncn3)cc2)C1. The smallest absolute Gasteiger partial charge is 0.223 e. The third kappa shape index (κ3) is 5.55. The molecule has 0 bridgehead atoms. The molecule has 1 atom stereocenters. The molecule has 1 aromatic heterocycles. The van der Waals surface area contributed by atoms with Gasteiger partial charge in [0.25, 0.3) is 0 Å². The highest BCUT2D eigenvalue weighted by atomic mass is 35.5. The van der Waals surface area contributed by atoms with E-state index >= 15 is 0 Å². The maximum absolute atomic E-state index is 12.7. The lowest BCUT2D eigenvalue weighted by Crippen LogP contribution is -2.47. The lowest BCUT2D eigenvalue weighted by molar-refractivity contribution is -0.139. The standard InChI is InChI=1S/C22H22Cl2N4O3/c23-20-2-1-3-21(24)19(20)8-9-22(29)27-10-11-30-18(12-27)13-31-17-6-4-16(5-7-17)28-15-25-14-26-28/h1-7,14-15,18H,8-13H2. The highest BCUT2D eigenvalue weighted by Gasteiger charge is 2.25. The monoisotopic (exact) mass is 460 g/mol. The van der Waals surface area contributed by atoms with Crippen molar-refractivity contribution in [2.75, 3.05) is 26.3 Å². The van der Waals surface area contributed by atoms with Crippen molar-refractivity contribution in [3.63, 3.8) is 0 Å². The van der Waals surface area contributed by atoms with E-state index in [4.69, 9.17) is 32.7 Å². The van der Waals surface area contributed by atoms with Crippen LogP contribution in [0.2, 0.25) is 10.0 Å². The third-order valence-corrected chi connectivity index (χ3v) is 5.81. The second-order valence-electron chi connectivity index (χ2n) is 7.18. The molecule has 1 unspecified atom stereocenters. The number of morpholine rings is 1. The number of rotatable bonds is 7. The summed E-state index contributed by atoms with van der Waals surface area (Å²) in [4.78, 5) is 18.4. The number of hydrogen-bond donors (Lipinski definition) is 0. The summed E-state index contributed by atoms with van der Waals surface area (Å²) in [5.74, 6) is 0.783. The molecule has 162 valence electrons. The van der Waals surface area contributed by atoms with Crippen LogP contribution in [0, 0.1) is 0 Å². The Labute approximate surface area is 190 Å². The molecule has 0 saturated carbocycles. The summed E-state index contributed by atoms with van der Waals surface area (Å²) in [5, 5.41) is 5.27. The minimum Gasteiger partial charge on any atom is -0.491 e. The van der Waals surface area contributed by atoms with E-state index < -0.39 is 0 Å². The van der Waals surface area contributed by atoms with E-state index in [9.17, 15) is 4.79 Å². The summed E-state index contributed by atoms with van der Waals surface area (Å²) >= 11 is 12.4. The Morgan fingerprint density at radius 1 is 1.16 bits per heavy atom. The van der Waals surface area contributed by atoms with Gasteiger partial charge in [0.15, 0.2) is 0 Å². The molecule has 7 nitrogen and oxygen atoms in total. The Morgan fingerprint density at radius 2 is 1.94 bits per heavy atom. The van der Waals surface area contributed by atoms with Gasteiger partial charge in [0.05, 0.1) is 18.8 Å². The van der Waals surface area contributed by atoms with Gasteiger partial charge < -0.3 is 14.4 Å². The van der Waals surface area contributed by atoms with Gasteiger partial charge in [0.2, 0.25) is 5.91 Å². The number of carbonyl (C=O) groups is 1. The zero-order valence-electron chi connectivity index (χ0n) is 16.8. The molecule has 9 heteroatoms. The predicted molar refractivity (Wildman–Crippen MR) is 118 cm³/mol. The van der Waals surface area contributed by atoms with Crippen molar-refractivity contribution in [3.8, 4) is 11.4 Å². The highest BCUT2D eigenvalue weighted by molar-refractivity contribution is 6.36. The Morgan fingerprint density at radius 3 is 2.65 bits per heavy atom. The summed E-state index contributed by atoms with van der Waals surface area (Å²) in [7, 11) is 0. The molecule has 3 aromatic rings. The zero-order valence-corrected chi connectivity index (χ0v) is 18.3. The summed E-state index contributed by atoms with van der Waals surface area (Å²) in [6, 6.07) is 12.9. The van der Waals surface area contributed by atoms with Crippen LogP contribution in [-0.4, -0.2) is 58.0 Å². The molecular weight excluding hydrogens is 439 g/mol. The first-order chi connectivity index (χ1) is 15.1. The molecule has 2 heterocycles. The third-order valence-electron chi connectivity index (χ3n) is 5.10. The molecule has 1 aliphatic heterocycles. The number of benzene rings is 2. The lowest BCUT2D eigenvalue weighted by Gasteiger charge is -2.33. The second kappa shape index (κ2) is 10.1. The van der Waals surface area contributed by atoms with Crippen molar-refractivity contribution in [3.05, 3.63) is 70.7 Å². The molecule has 2 aromatic carbocycles. The van der Waals surface area contributed by atoms with Crippen LogP contribution >= 0.6 is 23.2 Å². The number of ether oxygens (including phenoxy) is 2. The van der Waals surface area contributed by atoms with Crippen LogP contribution < -0.4 is 4.74 Å². The fourth-order valence-corrected chi connectivity index (χ4v) is 4.02. The van der Waals surface area contributed by atoms with E-state index in [-0.39, 0.29) is 12.0 Å². The van der Waals surface area contributed by atoms with E-state index in [0.717, 1.165) is 17.0 Å². The van der Waals surface area contributed by atoms with Gasteiger partial charge in [0.1, 0.15) is 31.1 Å². The number of halogens is 2. The van der Waals surface area contributed by atoms with Gasteiger partial charge >= 0.3 is 0 Å². The molecule has 1 amide bonds. The van der Waals surface area contributed by atoms with E-state index in [2.05, 4.69) is 10.1 Å². The van der Waals surface area contributed by atoms with E-state index in [0.29, 0.717) is 49.2 Å². The van der Waals surface area contributed by atoms with E-state index in [1.165, 1.54) is 6.33 Å². The molecular formula is C22H22Cl2N4O3. The van der Waals surface area contributed by atoms with Crippen LogP contribution in [0.1, 0.15) is 12.0 Å². The van der Waals surface area contributed by atoms with Crippen molar-refractivity contribution in [1.82, 2.24) is 19.7 Å². The van der Waals surface area contributed by atoms with Crippen molar-refractivity contribution in [2.24, 2.45) is 0 Å². The first kappa shape index (κ1) is 21.6. The number of carbonyl (C=O) groups excluding carboxylic acids is 1. The zero-order chi connectivity index (χ0) is 21.6. The van der Waals surface area contributed by atoms with Gasteiger partial charge in [-0.15, -0.1) is 0 Å². The van der Waals surface area contributed by atoms with Crippen molar-refractivity contribution in [2.45, 2.75) is 18.9 Å². The molecule has 4 rings (SSSR count). The van der Waals surface area contributed by atoms with Crippen LogP contribution in [0.3, 0.4) is 0 Å². The summed E-state index contributed by atoms with van der Waals surface area (Å²) in [6.07, 6.45) is 3.80. The lowest BCUT2D eigenvalue weighted by atomic mass is 10.1.